The molecule has 0 saturated heterocycles. The lowest BCUT2D eigenvalue weighted by atomic mass is 9.88. The molecule has 25 heavy (non-hydrogen) atoms. The van der Waals surface area contributed by atoms with Gasteiger partial charge < -0.3 is 9.47 Å². The first-order valence-corrected chi connectivity index (χ1v) is 8.95. The van der Waals surface area contributed by atoms with Crippen LogP contribution in [0.4, 0.5) is 0 Å². The summed E-state index contributed by atoms with van der Waals surface area (Å²) in [5.41, 5.74) is 2.61. The zero-order valence-corrected chi connectivity index (χ0v) is 14.7. The summed E-state index contributed by atoms with van der Waals surface area (Å²) in [6.45, 7) is 4.61. The van der Waals surface area contributed by atoms with Gasteiger partial charge in [-0.1, -0.05) is 26.0 Å². The normalized spacial score (nSPS) is 16.9. The van der Waals surface area contributed by atoms with Crippen LogP contribution in [0.3, 0.4) is 0 Å². The highest BCUT2D eigenvalue weighted by molar-refractivity contribution is 5.94. The molecule has 0 spiro atoms. The van der Waals surface area contributed by atoms with E-state index in [2.05, 4.69) is 18.8 Å². The quantitative estimate of drug-likeness (QED) is 0.803. The summed E-state index contributed by atoms with van der Waals surface area (Å²) >= 11 is 0. The van der Waals surface area contributed by atoms with E-state index in [9.17, 15) is 4.79 Å². The number of hydrogen-bond donors (Lipinski definition) is 0. The number of ketones is 1. The van der Waals surface area contributed by atoms with Crippen molar-refractivity contribution in [3.8, 4) is 11.5 Å². The fourth-order valence-electron chi connectivity index (χ4n) is 3.54. The minimum atomic E-state index is -0.364. The van der Waals surface area contributed by atoms with Crippen LogP contribution < -0.4 is 9.47 Å². The highest BCUT2D eigenvalue weighted by atomic mass is 16.7. The van der Waals surface area contributed by atoms with Gasteiger partial charge in [-0.05, 0) is 55.0 Å². The standard InChI is InChI=1S/C21H23NO3/c1-14(2)10-16-4-3-5-17(22-16)12-20(23)21(8-9-21)15-6-7-18-19(11-15)25-13-24-18/h3-7,11,14H,8-10,12-13H2,1-2H3. The van der Waals surface area contributed by atoms with E-state index in [4.69, 9.17) is 9.47 Å². The third-order valence-corrected chi connectivity index (χ3v) is 5.03. The van der Waals surface area contributed by atoms with Crippen LogP contribution in [-0.2, 0) is 23.1 Å². The van der Waals surface area contributed by atoms with Crippen molar-refractivity contribution in [2.24, 2.45) is 5.92 Å². The van der Waals surface area contributed by atoms with Gasteiger partial charge in [-0.25, -0.2) is 0 Å². The minimum absolute atomic E-state index is 0.251. The van der Waals surface area contributed by atoms with Gasteiger partial charge in [0.05, 0.1) is 5.41 Å². The molecule has 1 aliphatic carbocycles. The van der Waals surface area contributed by atoms with Crippen molar-refractivity contribution in [1.29, 1.82) is 0 Å². The van der Waals surface area contributed by atoms with E-state index < -0.39 is 0 Å². The third-order valence-electron chi connectivity index (χ3n) is 5.03. The second-order valence-electron chi connectivity index (χ2n) is 7.47. The van der Waals surface area contributed by atoms with Crippen molar-refractivity contribution >= 4 is 5.78 Å². The smallest absolute Gasteiger partial charge is 0.231 e. The zero-order chi connectivity index (χ0) is 17.4. The lowest BCUT2D eigenvalue weighted by Crippen LogP contribution is -2.23. The lowest BCUT2D eigenvalue weighted by Gasteiger charge is -2.15. The van der Waals surface area contributed by atoms with E-state index in [1.165, 1.54) is 0 Å². The maximum atomic E-state index is 13.0. The van der Waals surface area contributed by atoms with E-state index in [1.807, 2.05) is 36.4 Å². The van der Waals surface area contributed by atoms with Crippen LogP contribution in [-0.4, -0.2) is 17.6 Å². The summed E-state index contributed by atoms with van der Waals surface area (Å²) in [6.07, 6.45) is 3.13. The number of carbonyl (C=O) groups excluding carboxylic acids is 1. The molecule has 0 amide bonds. The second-order valence-corrected chi connectivity index (χ2v) is 7.47. The number of benzene rings is 1. The van der Waals surface area contributed by atoms with Crippen molar-refractivity contribution in [2.75, 3.05) is 6.79 Å². The molecular formula is C21H23NO3. The molecule has 4 heteroatoms. The van der Waals surface area contributed by atoms with E-state index >= 15 is 0 Å². The number of Topliss-reactive ketones (excluding diaryl/α,β-unsaturated/α-hetero) is 1. The van der Waals surface area contributed by atoms with Crippen molar-refractivity contribution in [3.63, 3.8) is 0 Å². The third kappa shape index (κ3) is 3.13. The monoisotopic (exact) mass is 337 g/mol. The minimum Gasteiger partial charge on any atom is -0.454 e. The molecule has 2 aliphatic rings. The predicted molar refractivity (Wildman–Crippen MR) is 95.0 cm³/mol. The number of hydrogen-bond acceptors (Lipinski definition) is 4. The molecule has 1 aliphatic heterocycles. The number of ether oxygens (including phenoxy) is 2. The fraction of sp³-hybridized carbons (Fsp3) is 0.429. The van der Waals surface area contributed by atoms with Crippen LogP contribution in [0.15, 0.2) is 36.4 Å². The van der Waals surface area contributed by atoms with E-state index in [0.29, 0.717) is 12.3 Å². The average molecular weight is 337 g/mol. The van der Waals surface area contributed by atoms with Crippen LogP contribution in [0.1, 0.15) is 43.6 Å². The Morgan fingerprint density at radius 1 is 1.12 bits per heavy atom. The van der Waals surface area contributed by atoms with Crippen molar-refractivity contribution in [2.45, 2.75) is 44.9 Å². The topological polar surface area (TPSA) is 48.4 Å². The Bertz CT molecular complexity index is 809. The maximum Gasteiger partial charge on any atom is 0.231 e. The molecule has 2 aromatic rings. The Morgan fingerprint density at radius 2 is 1.88 bits per heavy atom. The summed E-state index contributed by atoms with van der Waals surface area (Å²) in [4.78, 5) is 17.7. The van der Waals surface area contributed by atoms with Gasteiger partial charge >= 0.3 is 0 Å². The van der Waals surface area contributed by atoms with Gasteiger partial charge in [0.1, 0.15) is 5.78 Å². The van der Waals surface area contributed by atoms with Gasteiger partial charge in [-0.3, -0.25) is 9.78 Å². The maximum absolute atomic E-state index is 13.0. The summed E-state index contributed by atoms with van der Waals surface area (Å²) < 4.78 is 10.8. The molecule has 1 aromatic carbocycles. The van der Waals surface area contributed by atoms with E-state index in [0.717, 1.165) is 47.7 Å². The number of aromatic nitrogens is 1. The number of carbonyl (C=O) groups is 1. The van der Waals surface area contributed by atoms with Crippen molar-refractivity contribution in [1.82, 2.24) is 4.98 Å². The van der Waals surface area contributed by atoms with Gasteiger partial charge in [0.2, 0.25) is 6.79 Å². The number of rotatable bonds is 6. The highest BCUT2D eigenvalue weighted by Gasteiger charge is 2.50. The first-order valence-electron chi connectivity index (χ1n) is 8.95. The highest BCUT2D eigenvalue weighted by Crippen LogP contribution is 2.51. The van der Waals surface area contributed by atoms with Gasteiger partial charge in [-0.15, -0.1) is 0 Å². The molecule has 0 bridgehead atoms. The summed E-state index contributed by atoms with van der Waals surface area (Å²) in [6, 6.07) is 11.9. The SMILES string of the molecule is CC(C)Cc1cccc(CC(=O)C2(c3ccc4c(c3)OCO4)CC2)n1. The van der Waals surface area contributed by atoms with Gasteiger partial charge in [0.25, 0.3) is 0 Å². The molecular weight excluding hydrogens is 314 g/mol. The van der Waals surface area contributed by atoms with Crippen LogP contribution in [0.25, 0.3) is 0 Å². The van der Waals surface area contributed by atoms with Gasteiger partial charge in [0.15, 0.2) is 11.5 Å². The first-order chi connectivity index (χ1) is 12.1. The molecule has 0 atom stereocenters. The summed E-state index contributed by atoms with van der Waals surface area (Å²) in [7, 11) is 0. The van der Waals surface area contributed by atoms with Crippen molar-refractivity contribution < 1.29 is 14.3 Å². The zero-order valence-electron chi connectivity index (χ0n) is 14.7. The number of nitrogens with zero attached hydrogens (tertiary/aromatic N) is 1. The van der Waals surface area contributed by atoms with Crippen molar-refractivity contribution in [3.05, 3.63) is 53.3 Å². The molecule has 1 aromatic heterocycles. The van der Waals surface area contributed by atoms with Crippen LogP contribution in [0.2, 0.25) is 0 Å². The molecule has 0 unspecified atom stereocenters. The first kappa shape index (κ1) is 16.1. The largest absolute Gasteiger partial charge is 0.454 e. The molecule has 130 valence electrons. The molecule has 1 saturated carbocycles. The fourth-order valence-corrected chi connectivity index (χ4v) is 3.54. The molecule has 1 fully saturated rings. The Morgan fingerprint density at radius 3 is 2.64 bits per heavy atom. The Balaban J connectivity index is 1.53. The summed E-state index contributed by atoms with van der Waals surface area (Å²) in [5, 5.41) is 0. The molecule has 0 radical (unpaired) electrons. The Hall–Kier alpha value is -2.36. The number of pyridine rings is 1. The Labute approximate surface area is 148 Å². The van der Waals surface area contributed by atoms with Crippen LogP contribution in [0.5, 0.6) is 11.5 Å². The van der Waals surface area contributed by atoms with Gasteiger partial charge in [0, 0.05) is 17.8 Å². The average Bonchev–Trinajstić information content (AvgIpc) is 3.26. The van der Waals surface area contributed by atoms with E-state index in [1.54, 1.807) is 0 Å². The second kappa shape index (κ2) is 6.17. The van der Waals surface area contributed by atoms with Crippen LogP contribution in [0, 0.1) is 5.92 Å². The van der Waals surface area contributed by atoms with E-state index in [-0.39, 0.29) is 18.0 Å². The number of fused-ring (bicyclic) bond motifs is 1. The lowest BCUT2D eigenvalue weighted by molar-refractivity contribution is -0.120. The molecule has 4 nitrogen and oxygen atoms in total. The summed E-state index contributed by atoms with van der Waals surface area (Å²) in [5.74, 6) is 2.31. The molecule has 4 rings (SSSR count). The molecule has 2 heterocycles. The van der Waals surface area contributed by atoms with Crippen LogP contribution >= 0.6 is 0 Å². The predicted octanol–water partition coefficient (Wildman–Crippen LogP) is 3.85. The molecule has 0 N–H and O–H groups in total. The van der Waals surface area contributed by atoms with Gasteiger partial charge in [-0.2, -0.15) is 0 Å². The Kier molecular flexibility index (Phi) is 3.98.